The molecule has 0 saturated carbocycles. The Hall–Kier alpha value is -1.84. The van der Waals surface area contributed by atoms with Crippen LogP contribution in [0, 0.1) is 11.3 Å². The number of hydrogen-bond acceptors (Lipinski definition) is 5. The number of thioether (sulfide) groups is 1. The number of nitriles is 1. The highest BCUT2D eigenvalue weighted by Gasteiger charge is 2.34. The number of amidine groups is 1. The van der Waals surface area contributed by atoms with Crippen molar-refractivity contribution in [2.75, 3.05) is 25.5 Å². The number of aliphatic imine (C=N–C) groups is 1. The first-order valence-electron chi connectivity index (χ1n) is 8.30. The number of hydrogen-bond donors (Lipinski definition) is 0. The number of ether oxygens (including phenoxy) is 1. The summed E-state index contributed by atoms with van der Waals surface area (Å²) in [6.07, 6.45) is 1.75. The second-order valence-electron chi connectivity index (χ2n) is 5.45. The molecule has 1 heterocycles. The van der Waals surface area contributed by atoms with Crippen molar-refractivity contribution in [3.05, 3.63) is 35.4 Å². The van der Waals surface area contributed by atoms with Crippen LogP contribution < -0.4 is 0 Å². The first kappa shape index (κ1) is 18.5. The van der Waals surface area contributed by atoms with Gasteiger partial charge >= 0.3 is 0 Å². The third-order valence-corrected chi connectivity index (χ3v) is 4.96. The van der Waals surface area contributed by atoms with Crippen molar-refractivity contribution in [3.63, 3.8) is 0 Å². The number of amides is 1. The van der Waals surface area contributed by atoms with Crippen molar-refractivity contribution in [1.82, 2.24) is 4.90 Å². The van der Waals surface area contributed by atoms with Crippen LogP contribution in [0.3, 0.4) is 0 Å². The van der Waals surface area contributed by atoms with Crippen molar-refractivity contribution in [3.8, 4) is 6.07 Å². The molecule has 1 fully saturated rings. The van der Waals surface area contributed by atoms with E-state index in [-0.39, 0.29) is 11.9 Å². The summed E-state index contributed by atoms with van der Waals surface area (Å²) in [6.45, 7) is 6.13. The Bertz CT molecular complexity index is 622. The van der Waals surface area contributed by atoms with Gasteiger partial charge < -0.3 is 4.74 Å². The van der Waals surface area contributed by atoms with Crippen molar-refractivity contribution >= 4 is 22.8 Å². The molecule has 6 heteroatoms. The molecule has 0 bridgehead atoms. The van der Waals surface area contributed by atoms with E-state index in [4.69, 9.17) is 10.00 Å². The Kier molecular flexibility index (Phi) is 7.29. The number of carbonyl (C=O) groups excluding carboxylic acids is 1. The zero-order valence-corrected chi connectivity index (χ0v) is 15.0. The monoisotopic (exact) mass is 345 g/mol. The van der Waals surface area contributed by atoms with E-state index in [0.29, 0.717) is 30.9 Å². The van der Waals surface area contributed by atoms with Gasteiger partial charge in [0.2, 0.25) is 0 Å². The highest BCUT2D eigenvalue weighted by molar-refractivity contribution is 8.14. The van der Waals surface area contributed by atoms with E-state index in [9.17, 15) is 4.79 Å². The van der Waals surface area contributed by atoms with Gasteiger partial charge in [0.05, 0.1) is 11.6 Å². The van der Waals surface area contributed by atoms with E-state index in [1.807, 2.05) is 11.8 Å². The van der Waals surface area contributed by atoms with Crippen LogP contribution in [-0.4, -0.2) is 47.5 Å². The zero-order chi connectivity index (χ0) is 17.4. The number of rotatable bonds is 7. The fourth-order valence-electron chi connectivity index (χ4n) is 2.46. The highest BCUT2D eigenvalue weighted by Crippen LogP contribution is 2.28. The Morgan fingerprint density at radius 3 is 2.79 bits per heavy atom. The minimum Gasteiger partial charge on any atom is -0.382 e. The van der Waals surface area contributed by atoms with Crippen molar-refractivity contribution in [1.29, 1.82) is 5.26 Å². The molecule has 128 valence electrons. The smallest absolute Gasteiger partial charge is 0.260 e. The molecule has 1 aliphatic rings. The van der Waals surface area contributed by atoms with Gasteiger partial charge in [-0.2, -0.15) is 5.26 Å². The van der Waals surface area contributed by atoms with Gasteiger partial charge in [-0.1, -0.05) is 18.7 Å². The molecule has 1 atom stereocenters. The Morgan fingerprint density at radius 2 is 2.17 bits per heavy atom. The average molecular weight is 345 g/mol. The SMILES string of the molecule is CCOCCCN=C1SC[C@@H](CC)N1C(=O)c1ccc(C#N)cc1. The quantitative estimate of drug-likeness (QED) is 0.711. The van der Waals surface area contributed by atoms with E-state index < -0.39 is 0 Å². The minimum atomic E-state index is -0.0418. The van der Waals surface area contributed by atoms with Gasteiger partial charge in [0.25, 0.3) is 5.91 Å². The summed E-state index contributed by atoms with van der Waals surface area (Å²) in [5.41, 5.74) is 1.15. The maximum absolute atomic E-state index is 12.9. The standard InChI is InChI=1S/C18H23N3O2S/c1-3-16-13-24-18(20-10-5-11-23-4-2)21(16)17(22)15-8-6-14(12-19)7-9-15/h6-9,16H,3-5,10-11,13H2,1-2H3/t16-/m1/s1. The summed E-state index contributed by atoms with van der Waals surface area (Å²) in [7, 11) is 0. The second-order valence-corrected chi connectivity index (χ2v) is 6.44. The van der Waals surface area contributed by atoms with Crippen LogP contribution in [0.15, 0.2) is 29.3 Å². The molecule has 1 aliphatic heterocycles. The van der Waals surface area contributed by atoms with E-state index in [2.05, 4.69) is 18.0 Å². The third kappa shape index (κ3) is 4.59. The maximum Gasteiger partial charge on any atom is 0.260 e. The van der Waals surface area contributed by atoms with Crippen LogP contribution in [0.2, 0.25) is 0 Å². The van der Waals surface area contributed by atoms with E-state index in [1.54, 1.807) is 36.0 Å². The van der Waals surface area contributed by atoms with Gasteiger partial charge in [0.1, 0.15) is 0 Å². The van der Waals surface area contributed by atoms with Crippen LogP contribution >= 0.6 is 11.8 Å². The summed E-state index contributed by atoms with van der Waals surface area (Å²) in [5, 5.41) is 9.68. The maximum atomic E-state index is 12.9. The van der Waals surface area contributed by atoms with E-state index in [1.165, 1.54) is 0 Å². The van der Waals surface area contributed by atoms with Gasteiger partial charge in [-0.25, -0.2) is 0 Å². The van der Waals surface area contributed by atoms with Crippen LogP contribution in [-0.2, 0) is 4.74 Å². The lowest BCUT2D eigenvalue weighted by Gasteiger charge is -2.23. The highest BCUT2D eigenvalue weighted by atomic mass is 32.2. The molecular weight excluding hydrogens is 322 g/mol. The molecule has 0 spiro atoms. The third-order valence-electron chi connectivity index (χ3n) is 3.83. The van der Waals surface area contributed by atoms with Gasteiger partial charge in [0, 0.05) is 37.1 Å². The Balaban J connectivity index is 2.10. The second kappa shape index (κ2) is 9.45. The largest absolute Gasteiger partial charge is 0.382 e. The van der Waals surface area contributed by atoms with E-state index in [0.717, 1.165) is 23.8 Å². The molecule has 0 aliphatic carbocycles. The topological polar surface area (TPSA) is 65.7 Å². The summed E-state index contributed by atoms with van der Waals surface area (Å²) >= 11 is 1.64. The molecule has 0 radical (unpaired) electrons. The number of benzene rings is 1. The summed E-state index contributed by atoms with van der Waals surface area (Å²) in [4.78, 5) is 19.3. The molecule has 1 aromatic carbocycles. The lowest BCUT2D eigenvalue weighted by Crippen LogP contribution is -2.39. The van der Waals surface area contributed by atoms with Crippen molar-refractivity contribution in [2.45, 2.75) is 32.7 Å². The predicted octanol–water partition coefficient (Wildman–Crippen LogP) is 3.31. The lowest BCUT2D eigenvalue weighted by molar-refractivity contribution is 0.0819. The lowest BCUT2D eigenvalue weighted by atomic mass is 10.1. The molecule has 1 amide bonds. The molecule has 0 aromatic heterocycles. The Morgan fingerprint density at radius 1 is 1.42 bits per heavy atom. The fourth-order valence-corrected chi connectivity index (χ4v) is 3.74. The van der Waals surface area contributed by atoms with Crippen molar-refractivity contribution in [2.24, 2.45) is 4.99 Å². The van der Waals surface area contributed by atoms with Crippen LogP contribution in [0.1, 0.15) is 42.6 Å². The molecular formula is C18H23N3O2S. The number of nitrogens with zero attached hydrogens (tertiary/aromatic N) is 3. The van der Waals surface area contributed by atoms with Gasteiger partial charge in [-0.05, 0) is 44.0 Å². The zero-order valence-electron chi connectivity index (χ0n) is 14.2. The number of carbonyl (C=O) groups is 1. The molecule has 2 rings (SSSR count). The molecule has 24 heavy (non-hydrogen) atoms. The van der Waals surface area contributed by atoms with Crippen LogP contribution in [0.4, 0.5) is 0 Å². The minimum absolute atomic E-state index is 0.0418. The summed E-state index contributed by atoms with van der Waals surface area (Å²) in [5.74, 6) is 0.836. The molecule has 1 aromatic rings. The first-order chi connectivity index (χ1) is 11.7. The van der Waals surface area contributed by atoms with Crippen LogP contribution in [0.25, 0.3) is 0 Å². The fraction of sp³-hybridized carbons (Fsp3) is 0.500. The summed E-state index contributed by atoms with van der Waals surface area (Å²) in [6, 6.07) is 9.02. The van der Waals surface area contributed by atoms with Gasteiger partial charge in [0.15, 0.2) is 5.17 Å². The molecule has 0 N–H and O–H groups in total. The molecule has 1 saturated heterocycles. The Labute approximate surface area is 147 Å². The predicted molar refractivity (Wildman–Crippen MR) is 97.3 cm³/mol. The van der Waals surface area contributed by atoms with Crippen molar-refractivity contribution < 1.29 is 9.53 Å². The normalized spacial score (nSPS) is 18.8. The summed E-state index contributed by atoms with van der Waals surface area (Å²) < 4.78 is 5.32. The van der Waals surface area contributed by atoms with E-state index >= 15 is 0 Å². The molecule has 5 nitrogen and oxygen atoms in total. The van der Waals surface area contributed by atoms with Crippen LogP contribution in [0.5, 0.6) is 0 Å². The molecule has 0 unspecified atom stereocenters. The van der Waals surface area contributed by atoms with Gasteiger partial charge in [-0.15, -0.1) is 0 Å². The van der Waals surface area contributed by atoms with Gasteiger partial charge in [-0.3, -0.25) is 14.7 Å². The average Bonchev–Trinajstić information content (AvgIpc) is 3.04. The first-order valence-corrected chi connectivity index (χ1v) is 9.28.